The number of urea groups is 1. The minimum absolute atomic E-state index is 0.265. The third kappa shape index (κ3) is 2.05. The number of ether oxygens (including phenoxy) is 1. The average molecular weight is 189 g/mol. The number of primary amides is 1. The molecule has 12 heavy (non-hydrogen) atoms. The van der Waals surface area contributed by atoms with Gasteiger partial charge >= 0.3 is 6.03 Å². The predicted octanol–water partition coefficient (Wildman–Crippen LogP) is -0.948. The molecule has 0 spiro atoms. The third-order valence-electron chi connectivity index (χ3n) is 1.70. The van der Waals surface area contributed by atoms with E-state index in [0.717, 1.165) is 0 Å². The first-order valence-electron chi connectivity index (χ1n) is 3.56. The summed E-state index contributed by atoms with van der Waals surface area (Å²) in [5.41, 5.74) is 10.4. The first-order valence-corrected chi connectivity index (χ1v) is 3.97. The highest BCUT2D eigenvalue weighted by Gasteiger charge is 2.24. The number of nitrogens with two attached hydrogens (primary N) is 2. The summed E-state index contributed by atoms with van der Waals surface area (Å²) in [5, 5.41) is 0. The minimum Gasteiger partial charge on any atom is -0.391 e. The molecule has 0 aromatic carbocycles. The molecule has 0 saturated carbocycles. The Labute approximate surface area is 75.6 Å². The van der Waals surface area contributed by atoms with Gasteiger partial charge in [-0.25, -0.2) is 4.79 Å². The average Bonchev–Trinajstić information content (AvgIpc) is 2.04. The number of hydrogen-bond donors (Lipinski definition) is 2. The van der Waals surface area contributed by atoms with Crippen molar-refractivity contribution in [3.63, 3.8) is 0 Å². The van der Waals surface area contributed by atoms with Crippen LogP contribution in [-0.2, 0) is 4.74 Å². The summed E-state index contributed by atoms with van der Waals surface area (Å²) >= 11 is 4.73. The maximum absolute atomic E-state index is 10.7. The summed E-state index contributed by atoms with van der Waals surface area (Å²) < 4.78 is 5.20. The maximum Gasteiger partial charge on any atom is 0.314 e. The van der Waals surface area contributed by atoms with Crippen LogP contribution in [0.4, 0.5) is 4.79 Å². The van der Waals surface area contributed by atoms with Crippen LogP contribution in [0.1, 0.15) is 0 Å². The van der Waals surface area contributed by atoms with Crippen LogP contribution in [0.15, 0.2) is 0 Å². The number of rotatable bonds is 1. The zero-order chi connectivity index (χ0) is 9.14. The van der Waals surface area contributed by atoms with Gasteiger partial charge in [0.15, 0.2) is 0 Å². The van der Waals surface area contributed by atoms with Crippen LogP contribution in [-0.4, -0.2) is 41.7 Å². The van der Waals surface area contributed by atoms with Crippen molar-refractivity contribution in [3.8, 4) is 0 Å². The summed E-state index contributed by atoms with van der Waals surface area (Å²) in [6.45, 7) is 1.31. The molecular formula is C6H11N3O2S. The highest BCUT2D eigenvalue weighted by Crippen LogP contribution is 2.04. The molecule has 1 aliphatic rings. The Hall–Kier alpha value is -0.880. The van der Waals surface area contributed by atoms with Crippen LogP contribution in [0, 0.1) is 0 Å². The summed E-state index contributed by atoms with van der Waals surface area (Å²) in [6, 6.07) is -0.459. The fraction of sp³-hybridized carbons (Fsp3) is 0.667. The van der Waals surface area contributed by atoms with Crippen LogP contribution < -0.4 is 11.5 Å². The Bertz CT molecular complexity index is 189. The summed E-state index contributed by atoms with van der Waals surface area (Å²) in [5.74, 6) is 0. The van der Waals surface area contributed by atoms with Gasteiger partial charge in [-0.05, 0) is 0 Å². The molecule has 0 aliphatic carbocycles. The van der Waals surface area contributed by atoms with E-state index in [2.05, 4.69) is 0 Å². The van der Waals surface area contributed by atoms with Gasteiger partial charge in [-0.1, -0.05) is 12.2 Å². The second kappa shape index (κ2) is 3.68. The van der Waals surface area contributed by atoms with Crippen molar-refractivity contribution in [2.75, 3.05) is 19.7 Å². The van der Waals surface area contributed by atoms with Crippen molar-refractivity contribution in [3.05, 3.63) is 0 Å². The Kier molecular flexibility index (Phi) is 2.83. The fourth-order valence-corrected chi connectivity index (χ4v) is 1.16. The molecule has 0 aromatic rings. The van der Waals surface area contributed by atoms with Crippen LogP contribution in [0.3, 0.4) is 0 Å². The van der Waals surface area contributed by atoms with E-state index in [4.69, 9.17) is 28.4 Å². The molecule has 4 N–H and O–H groups in total. The van der Waals surface area contributed by atoms with Crippen molar-refractivity contribution in [2.45, 2.75) is 6.10 Å². The van der Waals surface area contributed by atoms with E-state index in [1.807, 2.05) is 0 Å². The number of carbonyl (C=O) groups is 1. The Morgan fingerprint density at radius 3 is 2.75 bits per heavy atom. The lowest BCUT2D eigenvalue weighted by atomic mass is 10.3. The standard InChI is InChI=1S/C6H11N3O2S/c7-5(12)4-3-9(6(8)10)1-2-11-4/h4H,1-3H2,(H2,7,12)(H2,8,10). The molecule has 1 unspecified atom stereocenters. The first-order chi connectivity index (χ1) is 5.61. The van der Waals surface area contributed by atoms with Crippen LogP contribution in [0.2, 0.25) is 0 Å². The van der Waals surface area contributed by atoms with Crippen molar-refractivity contribution in [1.82, 2.24) is 4.90 Å². The van der Waals surface area contributed by atoms with Gasteiger partial charge < -0.3 is 21.1 Å². The summed E-state index contributed by atoms with van der Waals surface area (Å²) in [7, 11) is 0. The number of nitrogens with zero attached hydrogens (tertiary/aromatic N) is 1. The summed E-state index contributed by atoms with van der Waals surface area (Å²) in [6.07, 6.45) is -0.346. The molecular weight excluding hydrogens is 178 g/mol. The SMILES string of the molecule is NC(=O)N1CCOC(C(N)=S)C1. The molecule has 1 saturated heterocycles. The van der Waals surface area contributed by atoms with Crippen LogP contribution in [0.25, 0.3) is 0 Å². The van der Waals surface area contributed by atoms with E-state index in [9.17, 15) is 4.79 Å². The molecule has 1 atom stereocenters. The van der Waals surface area contributed by atoms with Crippen LogP contribution in [0.5, 0.6) is 0 Å². The molecule has 1 heterocycles. The largest absolute Gasteiger partial charge is 0.391 e. The summed E-state index contributed by atoms with van der Waals surface area (Å²) in [4.78, 5) is 12.5. The van der Waals surface area contributed by atoms with Gasteiger partial charge in [-0.15, -0.1) is 0 Å². The number of hydrogen-bond acceptors (Lipinski definition) is 3. The normalized spacial score (nSPS) is 23.7. The molecule has 68 valence electrons. The molecule has 2 amide bonds. The first kappa shape index (κ1) is 9.21. The van der Waals surface area contributed by atoms with E-state index < -0.39 is 6.03 Å². The Morgan fingerprint density at radius 2 is 2.25 bits per heavy atom. The van der Waals surface area contributed by atoms with Crippen molar-refractivity contribution in [2.24, 2.45) is 11.5 Å². The molecule has 1 fully saturated rings. The number of carbonyl (C=O) groups excluding carboxylic acids is 1. The lowest BCUT2D eigenvalue weighted by Crippen LogP contribution is -2.51. The monoisotopic (exact) mass is 189 g/mol. The van der Waals surface area contributed by atoms with Crippen molar-refractivity contribution in [1.29, 1.82) is 0 Å². The Morgan fingerprint density at radius 1 is 1.58 bits per heavy atom. The molecule has 1 aliphatic heterocycles. The van der Waals surface area contributed by atoms with E-state index in [-0.39, 0.29) is 11.1 Å². The fourth-order valence-electron chi connectivity index (χ4n) is 1.02. The topological polar surface area (TPSA) is 81.6 Å². The minimum atomic E-state index is -0.459. The van der Waals surface area contributed by atoms with Crippen molar-refractivity contribution < 1.29 is 9.53 Å². The van der Waals surface area contributed by atoms with E-state index in [1.54, 1.807) is 0 Å². The molecule has 6 heteroatoms. The number of morpholine rings is 1. The lowest BCUT2D eigenvalue weighted by molar-refractivity contribution is 0.0242. The smallest absolute Gasteiger partial charge is 0.314 e. The second-order valence-electron chi connectivity index (χ2n) is 2.55. The zero-order valence-corrected chi connectivity index (χ0v) is 7.34. The quantitative estimate of drug-likeness (QED) is 0.521. The Balaban J connectivity index is 2.51. The van der Waals surface area contributed by atoms with Gasteiger partial charge in [0.2, 0.25) is 0 Å². The number of thiocarbonyl (C=S) groups is 1. The van der Waals surface area contributed by atoms with Gasteiger partial charge in [-0.3, -0.25) is 0 Å². The maximum atomic E-state index is 10.7. The van der Waals surface area contributed by atoms with Gasteiger partial charge in [0.25, 0.3) is 0 Å². The molecule has 0 aromatic heterocycles. The third-order valence-corrected chi connectivity index (χ3v) is 1.96. The van der Waals surface area contributed by atoms with Gasteiger partial charge in [0.05, 0.1) is 13.2 Å². The van der Waals surface area contributed by atoms with Gasteiger partial charge in [0.1, 0.15) is 11.1 Å². The number of amides is 2. The highest BCUT2D eigenvalue weighted by molar-refractivity contribution is 7.80. The molecule has 1 rings (SSSR count). The zero-order valence-electron chi connectivity index (χ0n) is 6.53. The lowest BCUT2D eigenvalue weighted by Gasteiger charge is -2.30. The van der Waals surface area contributed by atoms with Gasteiger partial charge in [-0.2, -0.15) is 0 Å². The molecule has 0 bridgehead atoms. The van der Waals surface area contributed by atoms with Crippen LogP contribution >= 0.6 is 12.2 Å². The van der Waals surface area contributed by atoms with Gasteiger partial charge in [0, 0.05) is 6.54 Å². The van der Waals surface area contributed by atoms with E-state index in [1.165, 1.54) is 4.90 Å². The predicted molar refractivity (Wildman–Crippen MR) is 47.7 cm³/mol. The second-order valence-corrected chi connectivity index (χ2v) is 3.02. The van der Waals surface area contributed by atoms with E-state index >= 15 is 0 Å². The highest BCUT2D eigenvalue weighted by atomic mass is 32.1. The molecule has 0 radical (unpaired) electrons. The molecule has 5 nitrogen and oxygen atoms in total. The van der Waals surface area contributed by atoms with E-state index in [0.29, 0.717) is 19.7 Å². The van der Waals surface area contributed by atoms with Crippen molar-refractivity contribution >= 4 is 23.2 Å².